The van der Waals surface area contributed by atoms with Gasteiger partial charge in [-0.1, -0.05) is 17.3 Å². The fourth-order valence-electron chi connectivity index (χ4n) is 3.56. The van der Waals surface area contributed by atoms with E-state index in [2.05, 4.69) is 29.9 Å². The van der Waals surface area contributed by atoms with Crippen LogP contribution in [0.15, 0.2) is 47.2 Å². The van der Waals surface area contributed by atoms with E-state index in [-0.39, 0.29) is 17.8 Å². The monoisotopic (exact) mass is 431 g/mol. The van der Waals surface area contributed by atoms with E-state index in [0.29, 0.717) is 17.7 Å². The van der Waals surface area contributed by atoms with Gasteiger partial charge in [-0.05, 0) is 42.7 Å². The predicted molar refractivity (Wildman–Crippen MR) is 105 cm³/mol. The quantitative estimate of drug-likeness (QED) is 0.667. The highest BCUT2D eigenvalue weighted by Gasteiger charge is 2.38. The zero-order valence-electron chi connectivity index (χ0n) is 16.7. The van der Waals surface area contributed by atoms with E-state index >= 15 is 0 Å². The molecule has 1 atom stereocenters. The van der Waals surface area contributed by atoms with Gasteiger partial charge in [0.25, 0.3) is 5.91 Å². The van der Waals surface area contributed by atoms with Crippen LogP contribution in [0.2, 0.25) is 0 Å². The van der Waals surface area contributed by atoms with Crippen LogP contribution in [0.5, 0.6) is 0 Å². The van der Waals surface area contributed by atoms with Crippen molar-refractivity contribution >= 4 is 5.91 Å². The zero-order chi connectivity index (χ0) is 22.0. The molecule has 31 heavy (non-hydrogen) atoms. The number of benzene rings is 1. The number of nitrogens with zero attached hydrogens (tertiary/aromatic N) is 4. The van der Waals surface area contributed by atoms with Crippen LogP contribution < -0.4 is 5.32 Å². The Hall–Kier alpha value is -3.27. The first-order chi connectivity index (χ1) is 14.8. The number of hydrogen-bond acceptors (Lipinski definition) is 6. The van der Waals surface area contributed by atoms with Crippen LogP contribution in [0.1, 0.15) is 34.3 Å². The molecule has 0 radical (unpaired) electrons. The fraction of sp³-hybridized carbons (Fsp3) is 0.333. The van der Waals surface area contributed by atoms with Crippen LogP contribution in [-0.4, -0.2) is 45.1 Å². The normalized spacial score (nSPS) is 15.4. The van der Waals surface area contributed by atoms with Gasteiger partial charge in [-0.15, -0.1) is 0 Å². The number of aromatic nitrogens is 3. The molecular formula is C21H20F3N5O2. The number of pyridine rings is 1. The molecule has 2 aromatic heterocycles. The summed E-state index contributed by atoms with van der Waals surface area (Å²) < 4.78 is 42.0. The number of rotatable bonds is 5. The number of carbonyl (C=O) groups is 1. The predicted octanol–water partition coefficient (Wildman–Crippen LogP) is 3.33. The lowest BCUT2D eigenvalue weighted by Gasteiger charge is -2.30. The summed E-state index contributed by atoms with van der Waals surface area (Å²) in [6.45, 7) is 4.34. The molecule has 3 aromatic rings. The van der Waals surface area contributed by atoms with Gasteiger partial charge in [-0.25, -0.2) is 0 Å². The third-order valence-corrected chi connectivity index (χ3v) is 5.08. The summed E-state index contributed by atoms with van der Waals surface area (Å²) in [6, 6.07) is 7.96. The Morgan fingerprint density at radius 1 is 1.23 bits per heavy atom. The highest BCUT2D eigenvalue weighted by atomic mass is 19.4. The van der Waals surface area contributed by atoms with Crippen molar-refractivity contribution in [2.75, 3.05) is 13.1 Å². The van der Waals surface area contributed by atoms with E-state index in [9.17, 15) is 18.0 Å². The first-order valence-corrected chi connectivity index (χ1v) is 9.76. The second-order valence-electron chi connectivity index (χ2n) is 7.50. The van der Waals surface area contributed by atoms with Crippen molar-refractivity contribution in [1.82, 2.24) is 25.3 Å². The standard InChI is InChI=1S/C21H20F3N5O2/c1-13(11-29-9-7-14-6-8-25-10-17(14)12-29)26-19(30)16-4-2-15(3-5-16)18-27-20(31-28-18)21(22,23)24/h2-6,8,10,13H,7,9,11-12H2,1H3,(H,26,30)/t13-/m1/s1. The Morgan fingerprint density at radius 2 is 2.00 bits per heavy atom. The van der Waals surface area contributed by atoms with Gasteiger partial charge in [0.05, 0.1) is 0 Å². The Balaban J connectivity index is 1.34. The Labute approximate surface area is 176 Å². The van der Waals surface area contributed by atoms with Crippen molar-refractivity contribution < 1.29 is 22.5 Å². The van der Waals surface area contributed by atoms with Crippen molar-refractivity contribution in [3.63, 3.8) is 0 Å². The summed E-state index contributed by atoms with van der Waals surface area (Å²) >= 11 is 0. The minimum atomic E-state index is -4.70. The minimum absolute atomic E-state index is 0.0862. The molecule has 1 aliphatic heterocycles. The van der Waals surface area contributed by atoms with E-state index in [1.54, 1.807) is 6.20 Å². The molecule has 0 bridgehead atoms. The average Bonchev–Trinajstić information content (AvgIpc) is 3.24. The Morgan fingerprint density at radius 3 is 2.71 bits per heavy atom. The molecule has 0 aliphatic carbocycles. The SMILES string of the molecule is C[C@H](CN1CCc2ccncc2C1)NC(=O)c1ccc(-c2noc(C(F)(F)F)n2)cc1. The van der Waals surface area contributed by atoms with Gasteiger partial charge in [-0.2, -0.15) is 18.2 Å². The first-order valence-electron chi connectivity index (χ1n) is 9.76. The van der Waals surface area contributed by atoms with Gasteiger partial charge in [0, 0.05) is 49.2 Å². The number of amides is 1. The van der Waals surface area contributed by atoms with Crippen LogP contribution in [0.4, 0.5) is 13.2 Å². The third kappa shape index (κ3) is 4.91. The third-order valence-electron chi connectivity index (χ3n) is 5.08. The average molecular weight is 431 g/mol. The molecule has 3 heterocycles. The second kappa shape index (κ2) is 8.46. The van der Waals surface area contributed by atoms with Crippen LogP contribution in [0.3, 0.4) is 0 Å². The van der Waals surface area contributed by atoms with E-state index in [4.69, 9.17) is 0 Å². The molecule has 4 rings (SSSR count). The van der Waals surface area contributed by atoms with E-state index < -0.39 is 12.1 Å². The van der Waals surface area contributed by atoms with Crippen molar-refractivity contribution in [1.29, 1.82) is 0 Å². The molecule has 0 fully saturated rings. The number of fused-ring (bicyclic) bond motifs is 1. The lowest BCUT2D eigenvalue weighted by Crippen LogP contribution is -2.43. The van der Waals surface area contributed by atoms with E-state index in [1.165, 1.54) is 35.4 Å². The van der Waals surface area contributed by atoms with Gasteiger partial charge < -0.3 is 9.84 Å². The number of carbonyl (C=O) groups excluding carboxylic acids is 1. The van der Waals surface area contributed by atoms with Gasteiger partial charge >= 0.3 is 12.1 Å². The molecule has 0 saturated carbocycles. The number of alkyl halides is 3. The maximum absolute atomic E-state index is 12.6. The number of hydrogen-bond donors (Lipinski definition) is 1. The molecule has 1 aliphatic rings. The lowest BCUT2D eigenvalue weighted by atomic mass is 10.0. The first kappa shape index (κ1) is 21.0. The van der Waals surface area contributed by atoms with E-state index in [1.807, 2.05) is 19.2 Å². The van der Waals surface area contributed by atoms with Crippen LogP contribution in [-0.2, 0) is 19.1 Å². The summed E-state index contributed by atoms with van der Waals surface area (Å²) in [5, 5.41) is 6.30. The minimum Gasteiger partial charge on any atom is -0.348 e. The Bertz CT molecular complexity index is 1070. The smallest absolute Gasteiger partial charge is 0.348 e. The highest BCUT2D eigenvalue weighted by molar-refractivity contribution is 5.94. The van der Waals surface area contributed by atoms with Gasteiger partial charge in [0.15, 0.2) is 0 Å². The summed E-state index contributed by atoms with van der Waals surface area (Å²) in [6.07, 6.45) is -0.0650. The molecular weight excluding hydrogens is 411 g/mol. The maximum Gasteiger partial charge on any atom is 0.471 e. The summed E-state index contributed by atoms with van der Waals surface area (Å²) in [7, 11) is 0. The topological polar surface area (TPSA) is 84.2 Å². The summed E-state index contributed by atoms with van der Waals surface area (Å²) in [4.78, 5) is 22.3. The molecule has 10 heteroatoms. The largest absolute Gasteiger partial charge is 0.471 e. The van der Waals surface area contributed by atoms with Crippen molar-refractivity contribution in [2.24, 2.45) is 0 Å². The van der Waals surface area contributed by atoms with Crippen molar-refractivity contribution in [3.05, 3.63) is 65.3 Å². The van der Waals surface area contributed by atoms with Crippen LogP contribution in [0.25, 0.3) is 11.4 Å². The van der Waals surface area contributed by atoms with Crippen molar-refractivity contribution in [3.8, 4) is 11.4 Å². The van der Waals surface area contributed by atoms with Gasteiger partial charge in [-0.3, -0.25) is 14.7 Å². The van der Waals surface area contributed by atoms with Crippen molar-refractivity contribution in [2.45, 2.75) is 32.1 Å². The van der Waals surface area contributed by atoms with Gasteiger partial charge in [0.1, 0.15) is 0 Å². The zero-order valence-corrected chi connectivity index (χ0v) is 16.7. The molecule has 1 aromatic carbocycles. The second-order valence-corrected chi connectivity index (χ2v) is 7.50. The van der Waals surface area contributed by atoms with Gasteiger partial charge in [0.2, 0.25) is 5.82 Å². The number of halogens is 3. The molecule has 0 spiro atoms. The molecule has 0 unspecified atom stereocenters. The molecule has 1 amide bonds. The molecule has 1 N–H and O–H groups in total. The van der Waals surface area contributed by atoms with Crippen LogP contribution in [0, 0.1) is 0 Å². The molecule has 162 valence electrons. The fourth-order valence-corrected chi connectivity index (χ4v) is 3.56. The van der Waals surface area contributed by atoms with E-state index in [0.717, 1.165) is 19.5 Å². The Kier molecular flexibility index (Phi) is 5.73. The summed E-state index contributed by atoms with van der Waals surface area (Å²) in [5.41, 5.74) is 3.23. The summed E-state index contributed by atoms with van der Waals surface area (Å²) in [5.74, 6) is -1.86. The number of nitrogens with one attached hydrogen (secondary N) is 1. The maximum atomic E-state index is 12.6. The molecule has 0 saturated heterocycles. The molecule has 7 nitrogen and oxygen atoms in total. The van der Waals surface area contributed by atoms with Crippen LogP contribution >= 0.6 is 0 Å². The lowest BCUT2D eigenvalue weighted by molar-refractivity contribution is -0.159. The highest BCUT2D eigenvalue weighted by Crippen LogP contribution is 2.29.